The summed E-state index contributed by atoms with van der Waals surface area (Å²) in [4.78, 5) is 0.0971. The number of sulfonamides is 1. The van der Waals surface area contributed by atoms with E-state index >= 15 is 0 Å². The summed E-state index contributed by atoms with van der Waals surface area (Å²) in [7, 11) is -0.717. The Balaban J connectivity index is 2.28. The van der Waals surface area contributed by atoms with E-state index in [-0.39, 0.29) is 16.7 Å². The molecule has 1 fully saturated rings. The Hall–Kier alpha value is -1.31. The maximum Gasteiger partial charge on any atom is 0.244 e. The van der Waals surface area contributed by atoms with E-state index in [1.165, 1.54) is 20.3 Å². The summed E-state index contributed by atoms with van der Waals surface area (Å²) < 4.78 is 37.7. The summed E-state index contributed by atoms with van der Waals surface area (Å²) in [6, 6.07) is 4.39. The number of ether oxygens (including phenoxy) is 2. The lowest BCUT2D eigenvalue weighted by molar-refractivity contribution is 0.385. The van der Waals surface area contributed by atoms with Gasteiger partial charge in [0, 0.05) is 18.7 Å². The van der Waals surface area contributed by atoms with Crippen molar-refractivity contribution in [3.63, 3.8) is 0 Å². The monoisotopic (exact) mass is 300 g/mol. The smallest absolute Gasteiger partial charge is 0.244 e. The summed E-state index contributed by atoms with van der Waals surface area (Å²) in [6.07, 6.45) is 2.04. The molecule has 0 amide bonds. The molecule has 0 saturated heterocycles. The maximum atomic E-state index is 12.4. The summed E-state index contributed by atoms with van der Waals surface area (Å²) in [5, 5.41) is 0. The van der Waals surface area contributed by atoms with Crippen molar-refractivity contribution in [1.29, 1.82) is 0 Å². The van der Waals surface area contributed by atoms with Crippen LogP contribution in [0.4, 0.5) is 0 Å². The molecule has 1 aliphatic carbocycles. The molecular weight excluding hydrogens is 280 g/mol. The first-order valence-corrected chi connectivity index (χ1v) is 7.94. The van der Waals surface area contributed by atoms with Crippen LogP contribution < -0.4 is 19.9 Å². The molecule has 2 rings (SSSR count). The lowest BCUT2D eigenvalue weighted by Crippen LogP contribution is -2.41. The van der Waals surface area contributed by atoms with Crippen LogP contribution in [0.2, 0.25) is 0 Å². The number of hydrogen-bond donors (Lipinski definition) is 2. The van der Waals surface area contributed by atoms with Gasteiger partial charge >= 0.3 is 0 Å². The fraction of sp³-hybridized carbons (Fsp3) is 0.538. The van der Waals surface area contributed by atoms with Gasteiger partial charge in [-0.2, -0.15) is 0 Å². The molecule has 6 nitrogen and oxygen atoms in total. The Kier molecular flexibility index (Phi) is 4.52. The number of benzene rings is 1. The molecule has 1 aromatic carbocycles. The predicted octanol–water partition coefficient (Wildman–Crippen LogP) is 0.719. The zero-order valence-electron chi connectivity index (χ0n) is 11.6. The fourth-order valence-electron chi connectivity index (χ4n) is 2.10. The van der Waals surface area contributed by atoms with E-state index < -0.39 is 10.0 Å². The van der Waals surface area contributed by atoms with E-state index in [2.05, 4.69) is 4.72 Å². The molecule has 0 aliphatic heterocycles. The van der Waals surface area contributed by atoms with E-state index in [1.807, 2.05) is 0 Å². The van der Waals surface area contributed by atoms with Crippen LogP contribution in [0.15, 0.2) is 23.1 Å². The van der Waals surface area contributed by atoms with Gasteiger partial charge in [-0.15, -0.1) is 0 Å². The molecule has 1 unspecified atom stereocenters. The molecule has 20 heavy (non-hydrogen) atoms. The largest absolute Gasteiger partial charge is 0.497 e. The quantitative estimate of drug-likeness (QED) is 0.774. The van der Waals surface area contributed by atoms with E-state index in [4.69, 9.17) is 15.2 Å². The van der Waals surface area contributed by atoms with Crippen LogP contribution in [0, 0.1) is 5.92 Å². The van der Waals surface area contributed by atoms with E-state index in [9.17, 15) is 8.42 Å². The van der Waals surface area contributed by atoms with Crippen LogP contribution in [0.3, 0.4) is 0 Å². The number of hydrogen-bond acceptors (Lipinski definition) is 5. The Bertz CT molecular complexity index is 570. The van der Waals surface area contributed by atoms with Crippen LogP contribution in [-0.2, 0) is 10.0 Å². The molecule has 0 heterocycles. The zero-order chi connectivity index (χ0) is 14.8. The molecule has 112 valence electrons. The summed E-state index contributed by atoms with van der Waals surface area (Å²) in [5.41, 5.74) is 5.64. The molecular formula is C13H20N2O4S. The third-order valence-electron chi connectivity index (χ3n) is 3.41. The van der Waals surface area contributed by atoms with Gasteiger partial charge in [0.2, 0.25) is 10.0 Å². The molecule has 1 aromatic rings. The van der Waals surface area contributed by atoms with Gasteiger partial charge in [0.05, 0.1) is 14.2 Å². The van der Waals surface area contributed by atoms with E-state index in [1.54, 1.807) is 12.1 Å². The van der Waals surface area contributed by atoms with Crippen LogP contribution in [-0.4, -0.2) is 35.2 Å². The van der Waals surface area contributed by atoms with Crippen LogP contribution in [0.1, 0.15) is 12.8 Å². The van der Waals surface area contributed by atoms with Crippen molar-refractivity contribution >= 4 is 10.0 Å². The highest BCUT2D eigenvalue weighted by atomic mass is 32.2. The zero-order valence-corrected chi connectivity index (χ0v) is 12.4. The highest BCUT2D eigenvalue weighted by Crippen LogP contribution is 2.34. The highest BCUT2D eigenvalue weighted by molar-refractivity contribution is 7.89. The average Bonchev–Trinajstić information content (AvgIpc) is 3.28. The van der Waals surface area contributed by atoms with Gasteiger partial charge in [-0.05, 0) is 30.9 Å². The Morgan fingerprint density at radius 1 is 1.35 bits per heavy atom. The van der Waals surface area contributed by atoms with Crippen molar-refractivity contribution in [3.05, 3.63) is 18.2 Å². The highest BCUT2D eigenvalue weighted by Gasteiger charge is 2.34. The SMILES string of the molecule is COc1ccc(S(=O)(=O)NC(CN)C2CC2)c(OC)c1. The third kappa shape index (κ3) is 3.23. The van der Waals surface area contributed by atoms with Gasteiger partial charge < -0.3 is 15.2 Å². The van der Waals surface area contributed by atoms with Crippen molar-refractivity contribution in [2.75, 3.05) is 20.8 Å². The van der Waals surface area contributed by atoms with Gasteiger partial charge in [0.25, 0.3) is 0 Å². The number of methoxy groups -OCH3 is 2. The van der Waals surface area contributed by atoms with Crippen molar-refractivity contribution in [2.24, 2.45) is 11.7 Å². The van der Waals surface area contributed by atoms with Gasteiger partial charge in [-0.25, -0.2) is 13.1 Å². The lowest BCUT2D eigenvalue weighted by Gasteiger charge is -2.17. The number of nitrogens with two attached hydrogens (primary N) is 1. The number of nitrogens with one attached hydrogen (secondary N) is 1. The van der Waals surface area contributed by atoms with Crippen molar-refractivity contribution < 1.29 is 17.9 Å². The molecule has 0 radical (unpaired) electrons. The van der Waals surface area contributed by atoms with E-state index in [0.29, 0.717) is 18.2 Å². The number of rotatable bonds is 7. The first kappa shape index (κ1) is 15.1. The lowest BCUT2D eigenvalue weighted by atomic mass is 10.2. The van der Waals surface area contributed by atoms with Gasteiger partial charge in [0.15, 0.2) is 0 Å². The van der Waals surface area contributed by atoms with Crippen molar-refractivity contribution in [1.82, 2.24) is 4.72 Å². The standard InChI is InChI=1S/C13H20N2O4S/c1-18-10-5-6-13(12(7-10)19-2)20(16,17)15-11(8-14)9-3-4-9/h5-7,9,11,15H,3-4,8,14H2,1-2H3. The minimum atomic E-state index is -3.65. The van der Waals surface area contributed by atoms with Crippen molar-refractivity contribution in [3.8, 4) is 11.5 Å². The first-order valence-electron chi connectivity index (χ1n) is 6.46. The molecule has 0 aromatic heterocycles. The minimum absolute atomic E-state index is 0.0971. The second-order valence-electron chi connectivity index (χ2n) is 4.82. The molecule has 3 N–H and O–H groups in total. The molecule has 0 bridgehead atoms. The molecule has 7 heteroatoms. The normalized spacial score (nSPS) is 16.8. The fourth-order valence-corrected chi connectivity index (χ4v) is 3.56. The average molecular weight is 300 g/mol. The molecule has 1 saturated carbocycles. The Morgan fingerprint density at radius 3 is 2.55 bits per heavy atom. The summed E-state index contributed by atoms with van der Waals surface area (Å²) >= 11 is 0. The topological polar surface area (TPSA) is 90.7 Å². The van der Waals surface area contributed by atoms with Crippen molar-refractivity contribution in [2.45, 2.75) is 23.8 Å². The molecule has 0 spiro atoms. The van der Waals surface area contributed by atoms with E-state index in [0.717, 1.165) is 12.8 Å². The van der Waals surface area contributed by atoms with Crippen LogP contribution >= 0.6 is 0 Å². The third-order valence-corrected chi connectivity index (χ3v) is 4.94. The second-order valence-corrected chi connectivity index (χ2v) is 6.50. The molecule has 1 atom stereocenters. The summed E-state index contributed by atoms with van der Waals surface area (Å²) in [6.45, 7) is 0.294. The summed E-state index contributed by atoms with van der Waals surface area (Å²) in [5.74, 6) is 1.14. The van der Waals surface area contributed by atoms with Gasteiger partial charge in [0.1, 0.15) is 16.4 Å². The second kappa shape index (κ2) is 5.99. The predicted molar refractivity (Wildman–Crippen MR) is 75.4 cm³/mol. The van der Waals surface area contributed by atoms with Crippen LogP contribution in [0.5, 0.6) is 11.5 Å². The van der Waals surface area contributed by atoms with Crippen LogP contribution in [0.25, 0.3) is 0 Å². The Morgan fingerprint density at radius 2 is 2.05 bits per heavy atom. The molecule has 1 aliphatic rings. The van der Waals surface area contributed by atoms with Gasteiger partial charge in [-0.3, -0.25) is 0 Å². The Labute approximate surface area is 119 Å². The van der Waals surface area contributed by atoms with Gasteiger partial charge in [-0.1, -0.05) is 0 Å². The minimum Gasteiger partial charge on any atom is -0.497 e. The first-order chi connectivity index (χ1) is 9.51. The maximum absolute atomic E-state index is 12.4.